The predicted molar refractivity (Wildman–Crippen MR) is 42.8 cm³/mol. The minimum Gasteiger partial charge on any atom is -0.295 e. The molecule has 3 nitrogen and oxygen atoms in total. The van der Waals surface area contributed by atoms with Gasteiger partial charge >= 0.3 is 0 Å². The molecule has 0 fully saturated rings. The number of carbonyl (C=O) groups excluding carboxylic acids is 1. The Bertz CT molecular complexity index is 363. The molecule has 0 spiro atoms. The summed E-state index contributed by atoms with van der Waals surface area (Å²) in [6.07, 6.45) is 4.13. The second kappa shape index (κ2) is 2.39. The fourth-order valence-corrected chi connectivity index (χ4v) is 1.60. The van der Waals surface area contributed by atoms with Crippen LogP contribution < -0.4 is 0 Å². The van der Waals surface area contributed by atoms with Crippen LogP contribution in [0.25, 0.3) is 10.2 Å². The summed E-state index contributed by atoms with van der Waals surface area (Å²) in [5.74, 6) is 0. The zero-order valence-corrected chi connectivity index (χ0v) is 6.34. The maximum absolute atomic E-state index is 10.3. The van der Waals surface area contributed by atoms with Gasteiger partial charge in [0.05, 0.1) is 10.2 Å². The van der Waals surface area contributed by atoms with Gasteiger partial charge in [0.15, 0.2) is 11.3 Å². The third-order valence-corrected chi connectivity index (χ3v) is 2.24. The Kier molecular flexibility index (Phi) is 1.40. The third kappa shape index (κ3) is 1.01. The van der Waals surface area contributed by atoms with Crippen molar-refractivity contribution in [2.45, 2.75) is 0 Å². The maximum Gasteiger partial charge on any atom is 0.178 e. The zero-order valence-electron chi connectivity index (χ0n) is 5.52. The molecule has 4 heteroatoms. The summed E-state index contributed by atoms with van der Waals surface area (Å²) in [4.78, 5) is 18.3. The van der Waals surface area contributed by atoms with Crippen LogP contribution in [0.15, 0.2) is 18.5 Å². The van der Waals surface area contributed by atoms with Gasteiger partial charge in [0.2, 0.25) is 0 Å². The lowest BCUT2D eigenvalue weighted by atomic mass is 10.4. The van der Waals surface area contributed by atoms with E-state index in [0.717, 1.165) is 16.5 Å². The Morgan fingerprint density at radius 1 is 1.55 bits per heavy atom. The number of pyridine rings is 1. The second-order valence-electron chi connectivity index (χ2n) is 2.01. The number of hydrogen-bond acceptors (Lipinski definition) is 4. The van der Waals surface area contributed by atoms with Gasteiger partial charge in [-0.1, -0.05) is 0 Å². The topological polar surface area (TPSA) is 42.9 Å². The molecule has 0 amide bonds. The van der Waals surface area contributed by atoms with Crippen LogP contribution >= 0.6 is 11.3 Å². The molecule has 0 radical (unpaired) electrons. The number of nitrogens with zero attached hydrogens (tertiary/aromatic N) is 2. The Labute approximate surface area is 66.7 Å². The molecule has 0 bridgehead atoms. The van der Waals surface area contributed by atoms with Crippen LogP contribution in [0.4, 0.5) is 0 Å². The Morgan fingerprint density at radius 2 is 2.45 bits per heavy atom. The van der Waals surface area contributed by atoms with E-state index in [9.17, 15) is 4.79 Å². The molecular weight excluding hydrogens is 160 g/mol. The average molecular weight is 164 g/mol. The first-order valence-electron chi connectivity index (χ1n) is 3.06. The summed E-state index contributed by atoms with van der Waals surface area (Å²) in [6, 6.07) is 1.79. The van der Waals surface area contributed by atoms with Gasteiger partial charge < -0.3 is 0 Å². The van der Waals surface area contributed by atoms with Gasteiger partial charge in [-0.25, -0.2) is 4.98 Å². The van der Waals surface area contributed by atoms with Crippen molar-refractivity contribution in [3.05, 3.63) is 23.5 Å². The number of fused-ring (bicyclic) bond motifs is 1. The number of aromatic nitrogens is 2. The number of hydrogen-bond donors (Lipinski definition) is 0. The number of thiazole rings is 1. The fraction of sp³-hybridized carbons (Fsp3) is 0. The Morgan fingerprint density at radius 3 is 3.18 bits per heavy atom. The van der Waals surface area contributed by atoms with Gasteiger partial charge in [-0.3, -0.25) is 9.78 Å². The van der Waals surface area contributed by atoms with Crippen molar-refractivity contribution in [3.63, 3.8) is 0 Å². The Balaban J connectivity index is 2.78. The summed E-state index contributed by atoms with van der Waals surface area (Å²) in [7, 11) is 0. The van der Waals surface area contributed by atoms with E-state index in [1.54, 1.807) is 18.5 Å². The SMILES string of the molecule is O=Cc1nc2ccncc2s1. The van der Waals surface area contributed by atoms with Crippen LogP contribution in [0.5, 0.6) is 0 Å². The first-order chi connectivity index (χ1) is 5.40. The molecule has 0 aliphatic rings. The lowest BCUT2D eigenvalue weighted by Gasteiger charge is -1.80. The van der Waals surface area contributed by atoms with Crippen LogP contribution in [-0.4, -0.2) is 16.3 Å². The summed E-state index contributed by atoms with van der Waals surface area (Å²) in [5.41, 5.74) is 0.840. The van der Waals surface area contributed by atoms with Gasteiger partial charge in [-0.05, 0) is 6.07 Å². The first-order valence-corrected chi connectivity index (χ1v) is 3.87. The molecule has 2 rings (SSSR count). The normalized spacial score (nSPS) is 10.2. The van der Waals surface area contributed by atoms with Crippen molar-refractivity contribution in [2.75, 3.05) is 0 Å². The lowest BCUT2D eigenvalue weighted by Crippen LogP contribution is -1.73. The van der Waals surface area contributed by atoms with Crippen molar-refractivity contribution < 1.29 is 4.79 Å². The van der Waals surface area contributed by atoms with E-state index in [-0.39, 0.29) is 0 Å². The Hall–Kier alpha value is -1.29. The van der Waals surface area contributed by atoms with Gasteiger partial charge in [-0.15, -0.1) is 11.3 Å². The minimum absolute atomic E-state index is 0.507. The molecule has 0 aromatic carbocycles. The molecule has 2 heterocycles. The molecule has 2 aromatic heterocycles. The van der Waals surface area contributed by atoms with E-state index in [1.807, 2.05) is 0 Å². The smallest absolute Gasteiger partial charge is 0.178 e. The summed E-state index contributed by atoms with van der Waals surface area (Å²) in [5, 5.41) is 0.507. The van der Waals surface area contributed by atoms with Crippen molar-refractivity contribution >= 4 is 27.8 Å². The van der Waals surface area contributed by atoms with Gasteiger partial charge in [0, 0.05) is 12.4 Å². The van der Waals surface area contributed by atoms with Crippen molar-refractivity contribution in [1.29, 1.82) is 0 Å². The molecule has 2 aromatic rings. The minimum atomic E-state index is 0.507. The van der Waals surface area contributed by atoms with Crippen molar-refractivity contribution in [3.8, 4) is 0 Å². The van der Waals surface area contributed by atoms with E-state index in [4.69, 9.17) is 0 Å². The van der Waals surface area contributed by atoms with Crippen molar-refractivity contribution in [2.24, 2.45) is 0 Å². The largest absolute Gasteiger partial charge is 0.295 e. The molecule has 0 unspecified atom stereocenters. The average Bonchev–Trinajstić information content (AvgIpc) is 2.46. The van der Waals surface area contributed by atoms with Crippen LogP contribution in [0.3, 0.4) is 0 Å². The van der Waals surface area contributed by atoms with E-state index in [2.05, 4.69) is 9.97 Å². The fourth-order valence-electron chi connectivity index (χ4n) is 0.848. The first kappa shape index (κ1) is 6.42. The molecule has 0 atom stereocenters. The highest BCUT2D eigenvalue weighted by molar-refractivity contribution is 7.19. The molecule has 0 aliphatic heterocycles. The second-order valence-corrected chi connectivity index (χ2v) is 3.08. The van der Waals surface area contributed by atoms with E-state index in [0.29, 0.717) is 5.01 Å². The molecule has 11 heavy (non-hydrogen) atoms. The highest BCUT2D eigenvalue weighted by Crippen LogP contribution is 2.18. The summed E-state index contributed by atoms with van der Waals surface area (Å²) in [6.45, 7) is 0. The molecule has 0 N–H and O–H groups in total. The van der Waals surface area contributed by atoms with Gasteiger partial charge in [0.1, 0.15) is 0 Å². The number of rotatable bonds is 1. The van der Waals surface area contributed by atoms with E-state index < -0.39 is 0 Å². The molecule has 54 valence electrons. The quantitative estimate of drug-likeness (QED) is 0.600. The predicted octanol–water partition coefficient (Wildman–Crippen LogP) is 1.50. The zero-order chi connectivity index (χ0) is 7.68. The highest BCUT2D eigenvalue weighted by Gasteiger charge is 1.99. The van der Waals surface area contributed by atoms with Gasteiger partial charge in [-0.2, -0.15) is 0 Å². The molecular formula is C7H4N2OS. The van der Waals surface area contributed by atoms with Crippen LogP contribution in [0.1, 0.15) is 9.80 Å². The molecule has 0 saturated heterocycles. The monoisotopic (exact) mass is 164 g/mol. The number of carbonyl (C=O) groups is 1. The van der Waals surface area contributed by atoms with Crippen LogP contribution in [-0.2, 0) is 0 Å². The van der Waals surface area contributed by atoms with Crippen LogP contribution in [0, 0.1) is 0 Å². The number of aldehydes is 1. The van der Waals surface area contributed by atoms with Gasteiger partial charge in [0.25, 0.3) is 0 Å². The summed E-state index contributed by atoms with van der Waals surface area (Å²) < 4.78 is 0.953. The van der Waals surface area contributed by atoms with E-state index >= 15 is 0 Å². The summed E-state index contributed by atoms with van der Waals surface area (Å²) >= 11 is 1.36. The molecule has 0 saturated carbocycles. The van der Waals surface area contributed by atoms with Crippen LogP contribution in [0.2, 0.25) is 0 Å². The van der Waals surface area contributed by atoms with E-state index in [1.165, 1.54) is 11.3 Å². The molecule has 0 aliphatic carbocycles. The standard InChI is InChI=1S/C7H4N2OS/c10-4-7-9-5-1-2-8-3-6(5)11-7/h1-4H. The maximum atomic E-state index is 10.3. The highest BCUT2D eigenvalue weighted by atomic mass is 32.1. The van der Waals surface area contributed by atoms with Crippen molar-refractivity contribution in [1.82, 2.24) is 9.97 Å². The third-order valence-electron chi connectivity index (χ3n) is 1.31. The lowest BCUT2D eigenvalue weighted by molar-refractivity contribution is 0.112.